The topological polar surface area (TPSA) is 52.2 Å². The van der Waals surface area contributed by atoms with Crippen molar-refractivity contribution in [3.8, 4) is 11.3 Å². The van der Waals surface area contributed by atoms with E-state index in [1.165, 1.54) is 5.56 Å². The molecule has 0 radical (unpaired) electrons. The third kappa shape index (κ3) is 4.09. The minimum absolute atomic E-state index is 0.0933. The van der Waals surface area contributed by atoms with Gasteiger partial charge in [0.15, 0.2) is 0 Å². The number of nitrogens with zero attached hydrogens (tertiary/aromatic N) is 3. The fraction of sp³-hybridized carbons (Fsp3) is 0.391. The minimum Gasteiger partial charge on any atom is -0.354 e. The summed E-state index contributed by atoms with van der Waals surface area (Å²) in [6.07, 6.45) is 2.74. The normalized spacial score (nSPS) is 11.4. The zero-order chi connectivity index (χ0) is 20.3. The SMILES string of the molecule is CCc1c(-c2ccnc(C)c2)[nH]c2ccc(C(=O)N(CC)CCN(C)C)cc12. The lowest BCUT2D eigenvalue weighted by atomic mass is 10.0. The van der Waals surface area contributed by atoms with E-state index in [1.807, 2.05) is 63.3 Å². The Hall–Kier alpha value is -2.66. The Morgan fingerprint density at radius 1 is 1.11 bits per heavy atom. The number of rotatable bonds is 7. The molecule has 0 spiro atoms. The number of hydrogen-bond acceptors (Lipinski definition) is 3. The van der Waals surface area contributed by atoms with Crippen LogP contribution in [0.1, 0.15) is 35.5 Å². The van der Waals surface area contributed by atoms with Gasteiger partial charge in [-0.15, -0.1) is 0 Å². The second-order valence-corrected chi connectivity index (χ2v) is 7.47. The van der Waals surface area contributed by atoms with E-state index in [1.54, 1.807) is 0 Å². The van der Waals surface area contributed by atoms with Gasteiger partial charge in [-0.25, -0.2) is 0 Å². The summed E-state index contributed by atoms with van der Waals surface area (Å²) in [7, 11) is 4.06. The van der Waals surface area contributed by atoms with E-state index in [0.29, 0.717) is 6.54 Å². The van der Waals surface area contributed by atoms with Gasteiger partial charge in [-0.1, -0.05) is 6.92 Å². The second-order valence-electron chi connectivity index (χ2n) is 7.47. The molecule has 2 aromatic heterocycles. The van der Waals surface area contributed by atoms with Crippen molar-refractivity contribution in [2.75, 3.05) is 33.7 Å². The summed E-state index contributed by atoms with van der Waals surface area (Å²) in [5.41, 5.74) is 6.30. The van der Waals surface area contributed by atoms with Crippen LogP contribution in [-0.4, -0.2) is 59.4 Å². The smallest absolute Gasteiger partial charge is 0.253 e. The minimum atomic E-state index is 0.0933. The maximum Gasteiger partial charge on any atom is 0.253 e. The molecule has 148 valence electrons. The van der Waals surface area contributed by atoms with Crippen molar-refractivity contribution >= 4 is 16.8 Å². The quantitative estimate of drug-likeness (QED) is 0.673. The Bertz CT molecular complexity index is 974. The van der Waals surface area contributed by atoms with Gasteiger partial charge in [0.05, 0.1) is 0 Å². The number of aromatic amines is 1. The average molecular weight is 379 g/mol. The van der Waals surface area contributed by atoms with Crippen molar-refractivity contribution in [2.45, 2.75) is 27.2 Å². The number of aryl methyl sites for hydroxylation is 2. The van der Waals surface area contributed by atoms with Crippen molar-refractivity contribution in [1.29, 1.82) is 0 Å². The van der Waals surface area contributed by atoms with E-state index in [0.717, 1.165) is 52.9 Å². The first kappa shape index (κ1) is 20.1. The predicted octanol–water partition coefficient (Wildman–Crippen LogP) is 4.12. The number of fused-ring (bicyclic) bond motifs is 1. The molecule has 0 bridgehead atoms. The summed E-state index contributed by atoms with van der Waals surface area (Å²) in [6, 6.07) is 10.1. The van der Waals surface area contributed by atoms with Gasteiger partial charge in [0.2, 0.25) is 0 Å². The summed E-state index contributed by atoms with van der Waals surface area (Å²) in [4.78, 5) is 24.9. The number of pyridine rings is 1. The van der Waals surface area contributed by atoms with Crippen LogP contribution in [0.2, 0.25) is 0 Å². The molecule has 3 aromatic rings. The Labute approximate surface area is 167 Å². The predicted molar refractivity (Wildman–Crippen MR) is 116 cm³/mol. The van der Waals surface area contributed by atoms with Crippen LogP contribution in [0.5, 0.6) is 0 Å². The van der Waals surface area contributed by atoms with E-state index in [4.69, 9.17) is 0 Å². The van der Waals surface area contributed by atoms with Crippen LogP contribution in [0.15, 0.2) is 36.5 Å². The highest BCUT2D eigenvalue weighted by Crippen LogP contribution is 2.31. The summed E-state index contributed by atoms with van der Waals surface area (Å²) in [6.45, 7) is 8.49. The first-order valence-electron chi connectivity index (χ1n) is 9.96. The van der Waals surface area contributed by atoms with E-state index in [2.05, 4.69) is 27.9 Å². The molecule has 0 aliphatic heterocycles. The molecule has 0 atom stereocenters. The molecule has 1 aromatic carbocycles. The fourth-order valence-corrected chi connectivity index (χ4v) is 3.60. The van der Waals surface area contributed by atoms with Crippen LogP contribution in [-0.2, 0) is 6.42 Å². The first-order valence-corrected chi connectivity index (χ1v) is 9.96. The Kier molecular flexibility index (Phi) is 6.15. The molecule has 0 unspecified atom stereocenters. The lowest BCUT2D eigenvalue weighted by Crippen LogP contribution is -2.36. The highest BCUT2D eigenvalue weighted by Gasteiger charge is 2.18. The van der Waals surface area contributed by atoms with Crippen LogP contribution < -0.4 is 0 Å². The van der Waals surface area contributed by atoms with E-state index >= 15 is 0 Å². The summed E-state index contributed by atoms with van der Waals surface area (Å²) >= 11 is 0. The van der Waals surface area contributed by atoms with Crippen molar-refractivity contribution < 1.29 is 4.79 Å². The number of amides is 1. The van der Waals surface area contributed by atoms with Crippen LogP contribution in [0, 0.1) is 6.92 Å². The second kappa shape index (κ2) is 8.57. The van der Waals surface area contributed by atoms with Gasteiger partial charge in [0.1, 0.15) is 0 Å². The molecule has 0 aliphatic carbocycles. The third-order valence-corrected chi connectivity index (χ3v) is 5.18. The maximum absolute atomic E-state index is 13.0. The standard InChI is InChI=1S/C23H30N4O/c1-6-19-20-15-18(23(28)27(7-2)13-12-26(4)5)8-9-21(20)25-22(19)17-10-11-24-16(3)14-17/h8-11,14-15,25H,6-7,12-13H2,1-5H3. The third-order valence-electron chi connectivity index (χ3n) is 5.18. The molecule has 0 aliphatic rings. The van der Waals surface area contributed by atoms with Gasteiger partial charge >= 0.3 is 0 Å². The Morgan fingerprint density at radius 3 is 2.54 bits per heavy atom. The summed E-state index contributed by atoms with van der Waals surface area (Å²) < 4.78 is 0. The lowest BCUT2D eigenvalue weighted by Gasteiger charge is -2.23. The molecule has 28 heavy (non-hydrogen) atoms. The van der Waals surface area contributed by atoms with Crippen molar-refractivity contribution in [1.82, 2.24) is 19.8 Å². The van der Waals surface area contributed by atoms with Crippen molar-refractivity contribution in [2.24, 2.45) is 0 Å². The zero-order valence-electron chi connectivity index (χ0n) is 17.5. The monoisotopic (exact) mass is 378 g/mol. The highest BCUT2D eigenvalue weighted by molar-refractivity contribution is 6.00. The van der Waals surface area contributed by atoms with Gasteiger partial charge < -0.3 is 14.8 Å². The first-order chi connectivity index (χ1) is 13.4. The largest absolute Gasteiger partial charge is 0.354 e. The number of H-pyrrole nitrogens is 1. The molecule has 5 nitrogen and oxygen atoms in total. The van der Waals surface area contributed by atoms with E-state index in [9.17, 15) is 4.79 Å². The molecule has 0 saturated heterocycles. The molecule has 0 fully saturated rings. The maximum atomic E-state index is 13.0. The molecule has 5 heteroatoms. The number of likely N-dealkylation sites (N-methyl/N-ethyl adjacent to an activating group) is 2. The van der Waals surface area contributed by atoms with Crippen LogP contribution in [0.25, 0.3) is 22.2 Å². The zero-order valence-corrected chi connectivity index (χ0v) is 17.5. The van der Waals surface area contributed by atoms with Crippen LogP contribution in [0.4, 0.5) is 0 Å². The van der Waals surface area contributed by atoms with Gasteiger partial charge in [-0.05, 0) is 70.3 Å². The number of carbonyl (C=O) groups is 1. The highest BCUT2D eigenvalue weighted by atomic mass is 16.2. The number of nitrogens with one attached hydrogen (secondary N) is 1. The van der Waals surface area contributed by atoms with E-state index < -0.39 is 0 Å². The molecule has 1 N–H and O–H groups in total. The number of hydrogen-bond donors (Lipinski definition) is 1. The average Bonchev–Trinajstić information content (AvgIpc) is 3.05. The number of aromatic nitrogens is 2. The van der Waals surface area contributed by atoms with E-state index in [-0.39, 0.29) is 5.91 Å². The van der Waals surface area contributed by atoms with Gasteiger partial charge in [0, 0.05) is 59.2 Å². The number of carbonyl (C=O) groups excluding carboxylic acids is 1. The van der Waals surface area contributed by atoms with Crippen molar-refractivity contribution in [3.05, 3.63) is 53.3 Å². The molecule has 0 saturated carbocycles. The van der Waals surface area contributed by atoms with Gasteiger partial charge in [0.25, 0.3) is 5.91 Å². The van der Waals surface area contributed by atoms with Crippen LogP contribution >= 0.6 is 0 Å². The Balaban J connectivity index is 2.00. The molecule has 2 heterocycles. The summed E-state index contributed by atoms with van der Waals surface area (Å²) in [5, 5.41) is 1.13. The lowest BCUT2D eigenvalue weighted by molar-refractivity contribution is 0.0754. The van der Waals surface area contributed by atoms with Crippen LogP contribution in [0.3, 0.4) is 0 Å². The molecular formula is C23H30N4O. The summed E-state index contributed by atoms with van der Waals surface area (Å²) in [5.74, 6) is 0.0933. The number of benzene rings is 1. The fourth-order valence-electron chi connectivity index (χ4n) is 3.60. The Morgan fingerprint density at radius 2 is 1.89 bits per heavy atom. The molecular weight excluding hydrogens is 348 g/mol. The van der Waals surface area contributed by atoms with Gasteiger partial charge in [-0.3, -0.25) is 9.78 Å². The molecule has 1 amide bonds. The molecule has 3 rings (SSSR count). The van der Waals surface area contributed by atoms with Gasteiger partial charge in [-0.2, -0.15) is 0 Å². The van der Waals surface area contributed by atoms with Crippen molar-refractivity contribution in [3.63, 3.8) is 0 Å².